The number of hydrogen-bond acceptors (Lipinski definition) is 3. The van der Waals surface area contributed by atoms with Gasteiger partial charge in [-0.3, -0.25) is 9.78 Å². The fraction of sp³-hybridized carbons (Fsp3) is 0.231. The number of aromatic nitrogens is 2. The van der Waals surface area contributed by atoms with Gasteiger partial charge in [-0.1, -0.05) is 42.0 Å². The number of aryl methyl sites for hydroxylation is 2. The maximum absolute atomic E-state index is 13.9. The van der Waals surface area contributed by atoms with Gasteiger partial charge in [-0.25, -0.2) is 0 Å². The van der Waals surface area contributed by atoms with Crippen LogP contribution in [0.25, 0.3) is 22.2 Å². The van der Waals surface area contributed by atoms with Crippen LogP contribution in [-0.2, 0) is 7.05 Å². The van der Waals surface area contributed by atoms with Crippen LogP contribution >= 0.6 is 0 Å². The minimum Gasteiger partial charge on any atom is -0.627 e. The lowest BCUT2D eigenvalue weighted by Crippen LogP contribution is -2.58. The molecule has 1 aliphatic rings. The predicted molar refractivity (Wildman–Crippen MR) is 128 cm³/mol. The van der Waals surface area contributed by atoms with Crippen LogP contribution in [-0.4, -0.2) is 46.5 Å². The van der Waals surface area contributed by atoms with Gasteiger partial charge >= 0.3 is 0 Å². The molecule has 2 aromatic carbocycles. The Bertz CT molecular complexity index is 1270. The molecule has 5 rings (SSSR count). The Morgan fingerprint density at radius 2 is 1.78 bits per heavy atom. The average molecular weight is 427 g/mol. The van der Waals surface area contributed by atoms with E-state index in [0.29, 0.717) is 37.4 Å². The number of rotatable bonds is 3. The normalized spacial score (nSPS) is 15.8. The Labute approximate surface area is 187 Å². The Balaban J connectivity index is 1.54. The van der Waals surface area contributed by atoms with Crippen molar-refractivity contribution in [3.8, 4) is 11.3 Å². The second kappa shape index (κ2) is 7.89. The molecular weight excluding hydrogens is 400 g/mol. The molecule has 4 aromatic rings. The van der Waals surface area contributed by atoms with Crippen molar-refractivity contribution in [1.82, 2.24) is 19.1 Å². The van der Waals surface area contributed by atoms with E-state index in [1.54, 1.807) is 18.5 Å². The molecule has 0 N–H and O–H groups in total. The van der Waals surface area contributed by atoms with Gasteiger partial charge in [-0.05, 0) is 30.7 Å². The molecule has 2 aromatic heterocycles. The number of carbonyl (C=O) groups is 1. The van der Waals surface area contributed by atoms with E-state index >= 15 is 0 Å². The molecule has 1 aliphatic heterocycles. The van der Waals surface area contributed by atoms with E-state index in [1.165, 1.54) is 0 Å². The number of nitrogens with zero attached hydrogens (tertiary/aromatic N) is 4. The van der Waals surface area contributed by atoms with Crippen LogP contribution in [0.1, 0.15) is 15.9 Å². The lowest BCUT2D eigenvalue weighted by Gasteiger charge is -2.47. The van der Waals surface area contributed by atoms with Gasteiger partial charge in [0.25, 0.3) is 5.91 Å². The van der Waals surface area contributed by atoms with E-state index in [-0.39, 0.29) is 5.91 Å². The first-order chi connectivity index (χ1) is 15.5. The molecule has 162 valence electrons. The molecule has 0 radical (unpaired) electrons. The first kappa shape index (κ1) is 20.4. The second-order valence-electron chi connectivity index (χ2n) is 8.51. The predicted octanol–water partition coefficient (Wildman–Crippen LogP) is 4.51. The number of quaternary nitrogens is 1. The third-order valence-corrected chi connectivity index (χ3v) is 6.48. The molecule has 0 spiro atoms. The number of hydrogen-bond donors (Lipinski definition) is 0. The number of fused-ring (bicyclic) bond motifs is 1. The van der Waals surface area contributed by atoms with Crippen LogP contribution in [0.3, 0.4) is 0 Å². The third kappa shape index (κ3) is 3.38. The summed E-state index contributed by atoms with van der Waals surface area (Å²) < 4.78 is 1.66. The largest absolute Gasteiger partial charge is 0.627 e. The Kier molecular flexibility index (Phi) is 5.04. The van der Waals surface area contributed by atoms with Crippen molar-refractivity contribution in [2.24, 2.45) is 7.05 Å². The molecule has 6 heteroatoms. The number of hydroxylamine groups is 2. The van der Waals surface area contributed by atoms with Crippen LogP contribution in [0.15, 0.2) is 73.1 Å². The number of piperazine rings is 1. The summed E-state index contributed by atoms with van der Waals surface area (Å²) in [5.41, 5.74) is 5.42. The van der Waals surface area contributed by atoms with Gasteiger partial charge in [-0.2, -0.15) is 0 Å². The SMILES string of the molecule is Cc1ccc2c(c1)c(C(=O)N1CC[N+]([O-])(c3cccnc3)CC1)c(-c1ccccc1)n2C. The minimum absolute atomic E-state index is 0.0162. The molecule has 32 heavy (non-hydrogen) atoms. The van der Waals surface area contributed by atoms with E-state index in [2.05, 4.69) is 27.8 Å². The van der Waals surface area contributed by atoms with Gasteiger partial charge in [0.15, 0.2) is 5.69 Å². The Hall–Kier alpha value is -3.48. The highest BCUT2D eigenvalue weighted by atomic mass is 16.5. The summed E-state index contributed by atoms with van der Waals surface area (Å²) in [5, 5.41) is 14.3. The minimum atomic E-state index is -0.447. The van der Waals surface area contributed by atoms with Gasteiger partial charge in [0.1, 0.15) is 13.1 Å². The molecule has 1 fully saturated rings. The van der Waals surface area contributed by atoms with E-state index in [0.717, 1.165) is 27.7 Å². The van der Waals surface area contributed by atoms with Crippen molar-refractivity contribution in [1.29, 1.82) is 0 Å². The molecule has 0 aliphatic carbocycles. The molecule has 0 unspecified atom stereocenters. The first-order valence-corrected chi connectivity index (χ1v) is 10.9. The maximum atomic E-state index is 13.9. The fourth-order valence-corrected chi connectivity index (χ4v) is 4.71. The zero-order chi connectivity index (χ0) is 22.3. The highest BCUT2D eigenvalue weighted by Gasteiger charge is 2.33. The van der Waals surface area contributed by atoms with E-state index < -0.39 is 4.65 Å². The molecule has 0 bridgehead atoms. The topological polar surface area (TPSA) is 61.2 Å². The van der Waals surface area contributed by atoms with Gasteiger partial charge in [-0.15, -0.1) is 0 Å². The quantitative estimate of drug-likeness (QED) is 0.358. The van der Waals surface area contributed by atoms with Crippen LogP contribution in [0.4, 0.5) is 5.69 Å². The summed E-state index contributed by atoms with van der Waals surface area (Å²) in [6.45, 7) is 3.51. The van der Waals surface area contributed by atoms with Crippen molar-refractivity contribution in [3.05, 3.63) is 89.4 Å². The number of benzene rings is 2. The number of carbonyl (C=O) groups excluding carboxylic acids is 1. The average Bonchev–Trinajstić information content (AvgIpc) is 3.11. The van der Waals surface area contributed by atoms with E-state index in [9.17, 15) is 10.0 Å². The highest BCUT2D eigenvalue weighted by Crippen LogP contribution is 2.35. The number of pyridine rings is 1. The van der Waals surface area contributed by atoms with Gasteiger partial charge in [0.2, 0.25) is 0 Å². The van der Waals surface area contributed by atoms with Gasteiger partial charge in [0, 0.05) is 30.2 Å². The second-order valence-corrected chi connectivity index (χ2v) is 8.51. The zero-order valence-electron chi connectivity index (χ0n) is 18.4. The van der Waals surface area contributed by atoms with Gasteiger partial charge in [0.05, 0.1) is 30.5 Å². The standard InChI is InChI=1S/C26H26N4O2/c1-19-10-11-23-22(17-19)24(25(28(23)2)20-7-4-3-5-8-20)26(31)29-13-15-30(32,16-14-29)21-9-6-12-27-18-21/h3-12,17-18H,13-16H2,1-2H3. The van der Waals surface area contributed by atoms with Crippen molar-refractivity contribution in [3.63, 3.8) is 0 Å². The molecule has 1 amide bonds. The van der Waals surface area contributed by atoms with Crippen molar-refractivity contribution in [2.75, 3.05) is 26.2 Å². The van der Waals surface area contributed by atoms with Crippen molar-refractivity contribution >= 4 is 22.5 Å². The Morgan fingerprint density at radius 1 is 1.03 bits per heavy atom. The summed E-state index contributed by atoms with van der Waals surface area (Å²) in [6.07, 6.45) is 3.30. The zero-order valence-corrected chi connectivity index (χ0v) is 18.4. The highest BCUT2D eigenvalue weighted by molar-refractivity contribution is 6.13. The molecule has 0 atom stereocenters. The maximum Gasteiger partial charge on any atom is 0.257 e. The van der Waals surface area contributed by atoms with Crippen molar-refractivity contribution in [2.45, 2.75) is 6.92 Å². The van der Waals surface area contributed by atoms with Crippen LogP contribution in [0.5, 0.6) is 0 Å². The van der Waals surface area contributed by atoms with E-state index in [1.807, 2.05) is 55.3 Å². The summed E-state index contributed by atoms with van der Waals surface area (Å²) >= 11 is 0. The monoisotopic (exact) mass is 426 g/mol. The lowest BCUT2D eigenvalue weighted by molar-refractivity contribution is 0.0685. The van der Waals surface area contributed by atoms with E-state index in [4.69, 9.17) is 0 Å². The van der Waals surface area contributed by atoms with Crippen LogP contribution < -0.4 is 4.65 Å². The number of amides is 1. The summed E-state index contributed by atoms with van der Waals surface area (Å²) in [5.74, 6) is -0.0162. The fourth-order valence-electron chi connectivity index (χ4n) is 4.71. The lowest BCUT2D eigenvalue weighted by atomic mass is 10.0. The molecule has 6 nitrogen and oxygen atoms in total. The van der Waals surface area contributed by atoms with Gasteiger partial charge < -0.3 is 19.3 Å². The first-order valence-electron chi connectivity index (χ1n) is 10.9. The molecule has 0 saturated carbocycles. The summed E-state index contributed by atoms with van der Waals surface area (Å²) in [7, 11) is 2.01. The van der Waals surface area contributed by atoms with Crippen molar-refractivity contribution < 1.29 is 4.79 Å². The Morgan fingerprint density at radius 3 is 2.47 bits per heavy atom. The smallest absolute Gasteiger partial charge is 0.257 e. The molecular formula is C26H26N4O2. The third-order valence-electron chi connectivity index (χ3n) is 6.48. The van der Waals surface area contributed by atoms with Crippen LogP contribution in [0.2, 0.25) is 0 Å². The molecule has 3 heterocycles. The van der Waals surface area contributed by atoms with Crippen LogP contribution in [0, 0.1) is 12.1 Å². The summed E-state index contributed by atoms with van der Waals surface area (Å²) in [4.78, 5) is 19.8. The summed E-state index contributed by atoms with van der Waals surface area (Å²) in [6, 6.07) is 19.9. The molecule has 1 saturated heterocycles.